The lowest BCUT2D eigenvalue weighted by molar-refractivity contribution is 1.13. The fourth-order valence-corrected chi connectivity index (χ4v) is 6.95. The summed E-state index contributed by atoms with van der Waals surface area (Å²) in [6, 6.07) is 48.4. The number of fused-ring (bicyclic) bond motifs is 5. The molecule has 0 aliphatic heterocycles. The summed E-state index contributed by atoms with van der Waals surface area (Å²) >= 11 is 0. The monoisotopic (exact) mass is 641 g/mol. The van der Waals surface area contributed by atoms with Gasteiger partial charge in [0.1, 0.15) is 11.3 Å². The van der Waals surface area contributed by atoms with Gasteiger partial charge in [0.05, 0.1) is 27.9 Å². The number of allylic oxidation sites excluding steroid dienone is 1. The van der Waals surface area contributed by atoms with E-state index in [2.05, 4.69) is 120 Å². The third kappa shape index (κ3) is 4.87. The van der Waals surface area contributed by atoms with Crippen LogP contribution < -0.4 is 0 Å². The second-order valence-corrected chi connectivity index (χ2v) is 12.3. The number of aromatic nitrogens is 5. The van der Waals surface area contributed by atoms with Crippen LogP contribution in [0.2, 0.25) is 0 Å². The first-order chi connectivity index (χ1) is 24.7. The van der Waals surface area contributed by atoms with E-state index >= 15 is 0 Å². The Bertz CT molecular complexity index is 2780. The van der Waals surface area contributed by atoms with Gasteiger partial charge in [-0.25, -0.2) is 19.9 Å². The summed E-state index contributed by atoms with van der Waals surface area (Å²) in [5, 5.41) is 4.41. The number of hydrogen-bond donors (Lipinski definition) is 0. The molecule has 0 bridgehead atoms. The Balaban J connectivity index is 1.14. The molecule has 0 N–H and O–H groups in total. The fourth-order valence-electron chi connectivity index (χ4n) is 6.95. The summed E-state index contributed by atoms with van der Waals surface area (Å²) in [6.07, 6.45) is 5.82. The Kier molecular flexibility index (Phi) is 7.10. The number of hydrogen-bond acceptors (Lipinski definition) is 4. The topological polar surface area (TPSA) is 56.5 Å². The van der Waals surface area contributed by atoms with Gasteiger partial charge in [-0.2, -0.15) is 0 Å². The summed E-state index contributed by atoms with van der Waals surface area (Å²) in [6.45, 7) is 6.04. The SMILES string of the molecule is C=Cc1nc2c3ccccc3nc(-c3cccc(-c4ccc(-c5nc(-c6cccc7ccccc67)c6ccccc6n5)cc4)c3)c2n1/C=C\C. The van der Waals surface area contributed by atoms with Crippen molar-refractivity contribution in [1.29, 1.82) is 0 Å². The van der Waals surface area contributed by atoms with E-state index in [1.807, 2.05) is 49.5 Å². The van der Waals surface area contributed by atoms with Gasteiger partial charge in [0.15, 0.2) is 5.82 Å². The molecule has 0 radical (unpaired) electrons. The third-order valence-corrected chi connectivity index (χ3v) is 9.30. The van der Waals surface area contributed by atoms with Crippen LogP contribution in [0.3, 0.4) is 0 Å². The van der Waals surface area contributed by atoms with Gasteiger partial charge in [-0.15, -0.1) is 0 Å². The predicted octanol–water partition coefficient (Wildman–Crippen LogP) is 11.5. The van der Waals surface area contributed by atoms with Gasteiger partial charge in [0, 0.05) is 33.7 Å². The first-order valence-corrected chi connectivity index (χ1v) is 16.7. The Morgan fingerprint density at radius 1 is 0.540 bits per heavy atom. The minimum atomic E-state index is 0.699. The van der Waals surface area contributed by atoms with Crippen molar-refractivity contribution in [2.24, 2.45) is 0 Å². The molecular formula is C45H31N5. The predicted molar refractivity (Wildman–Crippen MR) is 208 cm³/mol. The van der Waals surface area contributed by atoms with E-state index in [1.165, 1.54) is 10.8 Å². The van der Waals surface area contributed by atoms with Gasteiger partial charge in [-0.05, 0) is 53.1 Å². The van der Waals surface area contributed by atoms with Crippen LogP contribution in [0, 0.1) is 0 Å². The van der Waals surface area contributed by atoms with E-state index in [1.54, 1.807) is 6.08 Å². The van der Waals surface area contributed by atoms with Crippen molar-refractivity contribution < 1.29 is 0 Å². The number of imidazole rings is 1. The molecule has 0 amide bonds. The van der Waals surface area contributed by atoms with Gasteiger partial charge in [0.2, 0.25) is 0 Å². The summed E-state index contributed by atoms with van der Waals surface area (Å²) in [5.41, 5.74) is 10.8. The summed E-state index contributed by atoms with van der Waals surface area (Å²) in [7, 11) is 0. The van der Waals surface area contributed by atoms with Crippen molar-refractivity contribution in [3.8, 4) is 45.0 Å². The van der Waals surface area contributed by atoms with Crippen LogP contribution >= 0.6 is 0 Å². The van der Waals surface area contributed by atoms with Gasteiger partial charge in [-0.3, -0.25) is 4.57 Å². The summed E-state index contributed by atoms with van der Waals surface area (Å²) in [5.74, 6) is 1.48. The number of para-hydroxylation sites is 2. The zero-order valence-electron chi connectivity index (χ0n) is 27.5. The first-order valence-electron chi connectivity index (χ1n) is 16.7. The first kappa shape index (κ1) is 29.4. The van der Waals surface area contributed by atoms with Gasteiger partial charge < -0.3 is 0 Å². The quantitative estimate of drug-likeness (QED) is 0.181. The van der Waals surface area contributed by atoms with Crippen molar-refractivity contribution in [3.05, 3.63) is 158 Å². The molecular weight excluding hydrogens is 611 g/mol. The zero-order valence-corrected chi connectivity index (χ0v) is 27.5. The van der Waals surface area contributed by atoms with Crippen LogP contribution in [-0.4, -0.2) is 24.5 Å². The molecule has 0 saturated heterocycles. The maximum atomic E-state index is 5.19. The molecule has 0 fully saturated rings. The normalized spacial score (nSPS) is 11.7. The van der Waals surface area contributed by atoms with Gasteiger partial charge >= 0.3 is 0 Å². The highest BCUT2D eigenvalue weighted by Gasteiger charge is 2.19. The van der Waals surface area contributed by atoms with Crippen molar-refractivity contribution in [2.75, 3.05) is 0 Å². The minimum Gasteiger partial charge on any atom is -0.298 e. The molecule has 236 valence electrons. The van der Waals surface area contributed by atoms with Crippen LogP contribution in [0.25, 0.3) is 101 Å². The largest absolute Gasteiger partial charge is 0.298 e. The summed E-state index contributed by atoms with van der Waals surface area (Å²) < 4.78 is 2.08. The van der Waals surface area contributed by atoms with E-state index in [0.29, 0.717) is 5.82 Å². The van der Waals surface area contributed by atoms with Crippen molar-refractivity contribution >= 4 is 55.9 Å². The number of rotatable bonds is 6. The molecule has 0 atom stereocenters. The molecule has 0 unspecified atom stereocenters. The number of nitrogens with zero attached hydrogens (tertiary/aromatic N) is 5. The number of benzene rings is 6. The molecule has 3 heterocycles. The molecule has 50 heavy (non-hydrogen) atoms. The van der Waals surface area contributed by atoms with E-state index in [4.69, 9.17) is 19.9 Å². The zero-order chi connectivity index (χ0) is 33.6. The molecule has 0 saturated carbocycles. The lowest BCUT2D eigenvalue weighted by Crippen LogP contribution is -1.96. The smallest absolute Gasteiger partial charge is 0.160 e. The Morgan fingerprint density at radius 2 is 1.20 bits per heavy atom. The fraction of sp³-hybridized carbons (Fsp3) is 0.0222. The average Bonchev–Trinajstić information content (AvgIpc) is 3.56. The van der Waals surface area contributed by atoms with Crippen LogP contribution in [0.5, 0.6) is 0 Å². The number of pyridine rings is 1. The molecule has 0 spiro atoms. The van der Waals surface area contributed by atoms with E-state index < -0.39 is 0 Å². The standard InChI is InChI=1S/C45H31N5/c1-3-27-50-40(4-2)48-43-37-19-8-9-21-38(37)46-41(44(43)50)33-16-11-15-32(28-33)29-23-25-31(26-24-29)45-47-39-22-10-7-18-36(39)42(49-45)35-20-12-14-30-13-5-6-17-34(30)35/h3-28H,2H2,1H3/b27-3-. The lowest BCUT2D eigenvalue weighted by atomic mass is 9.98. The van der Waals surface area contributed by atoms with E-state index in [-0.39, 0.29) is 0 Å². The van der Waals surface area contributed by atoms with Gasteiger partial charge in [-0.1, -0.05) is 134 Å². The Labute approximate surface area is 289 Å². The van der Waals surface area contributed by atoms with Gasteiger partial charge in [0.25, 0.3) is 0 Å². The molecule has 0 aliphatic carbocycles. The van der Waals surface area contributed by atoms with Crippen LogP contribution in [0.15, 0.2) is 152 Å². The molecule has 9 rings (SSSR count). The molecule has 5 nitrogen and oxygen atoms in total. The van der Waals surface area contributed by atoms with Crippen molar-refractivity contribution in [3.63, 3.8) is 0 Å². The van der Waals surface area contributed by atoms with E-state index in [9.17, 15) is 0 Å². The maximum Gasteiger partial charge on any atom is 0.160 e. The van der Waals surface area contributed by atoms with Crippen molar-refractivity contribution in [2.45, 2.75) is 6.92 Å². The van der Waals surface area contributed by atoms with Crippen molar-refractivity contribution in [1.82, 2.24) is 24.5 Å². The molecule has 9 aromatic rings. The highest BCUT2D eigenvalue weighted by atomic mass is 15.1. The lowest BCUT2D eigenvalue weighted by Gasteiger charge is -2.12. The van der Waals surface area contributed by atoms with Crippen LogP contribution in [0.1, 0.15) is 12.7 Å². The average molecular weight is 642 g/mol. The third-order valence-electron chi connectivity index (χ3n) is 9.30. The summed E-state index contributed by atoms with van der Waals surface area (Å²) in [4.78, 5) is 20.4. The highest BCUT2D eigenvalue weighted by molar-refractivity contribution is 6.09. The molecule has 0 aliphatic rings. The second kappa shape index (κ2) is 12.1. The second-order valence-electron chi connectivity index (χ2n) is 12.3. The van der Waals surface area contributed by atoms with Crippen LogP contribution in [0.4, 0.5) is 0 Å². The molecule has 6 aromatic carbocycles. The van der Waals surface area contributed by atoms with Crippen LogP contribution in [-0.2, 0) is 0 Å². The molecule has 5 heteroatoms. The molecule has 3 aromatic heterocycles. The maximum absolute atomic E-state index is 5.19. The highest BCUT2D eigenvalue weighted by Crippen LogP contribution is 2.37. The Hall–Kier alpha value is -6.72. The minimum absolute atomic E-state index is 0.699. The van der Waals surface area contributed by atoms with E-state index in [0.717, 1.165) is 77.9 Å². The Morgan fingerprint density at radius 3 is 2.00 bits per heavy atom.